The van der Waals surface area contributed by atoms with Crippen molar-refractivity contribution in [3.05, 3.63) is 0 Å². The lowest BCUT2D eigenvalue weighted by Crippen LogP contribution is -2.26. The highest BCUT2D eigenvalue weighted by atomic mass is 16.8. The molecule has 0 aromatic carbocycles. The van der Waals surface area contributed by atoms with Crippen molar-refractivity contribution in [3.8, 4) is 0 Å². The predicted molar refractivity (Wildman–Crippen MR) is 18.9 cm³/mol. The first-order valence-corrected chi connectivity index (χ1v) is 1.63. The molecular formula is C3H3O5-. The van der Waals surface area contributed by atoms with Gasteiger partial charge in [-0.25, -0.2) is 4.79 Å². The highest BCUT2D eigenvalue weighted by Gasteiger charge is 1.93. The SMILES string of the molecule is COC(=O)OC(=O)[O-]. The fourth-order valence-electron chi connectivity index (χ4n) is 0.110. The molecule has 0 fully saturated rings. The van der Waals surface area contributed by atoms with Crippen LogP contribution in [0.25, 0.3) is 0 Å². The average Bonchev–Trinajstić information content (AvgIpc) is 1.65. The standard InChI is InChI=1S/C3H4O5/c1-7-3(6)8-2(4)5/h1H3,(H,4,5)/p-1. The lowest BCUT2D eigenvalue weighted by Gasteiger charge is -2.01. The van der Waals surface area contributed by atoms with Crippen molar-refractivity contribution in [2.75, 3.05) is 7.11 Å². The zero-order valence-corrected chi connectivity index (χ0v) is 4.04. The normalized spacial score (nSPS) is 7.62. The van der Waals surface area contributed by atoms with Crippen molar-refractivity contribution in [2.24, 2.45) is 0 Å². The zero-order chi connectivity index (χ0) is 6.57. The largest absolute Gasteiger partial charge is 0.453 e. The van der Waals surface area contributed by atoms with E-state index in [1.165, 1.54) is 0 Å². The predicted octanol–water partition coefficient (Wildman–Crippen LogP) is -0.887. The Hall–Kier alpha value is -1.26. The average molecular weight is 119 g/mol. The number of carbonyl (C=O) groups is 2. The van der Waals surface area contributed by atoms with E-state index in [9.17, 15) is 14.7 Å². The van der Waals surface area contributed by atoms with Crippen molar-refractivity contribution in [2.45, 2.75) is 0 Å². The topological polar surface area (TPSA) is 75.7 Å². The highest BCUT2D eigenvalue weighted by molar-refractivity contribution is 5.74. The third-order valence-electron chi connectivity index (χ3n) is 0.333. The first-order valence-electron chi connectivity index (χ1n) is 1.63. The summed E-state index contributed by atoms with van der Waals surface area (Å²) in [7, 11) is 0.991. The van der Waals surface area contributed by atoms with Crippen LogP contribution in [0.4, 0.5) is 9.59 Å². The molecule has 46 valence electrons. The number of rotatable bonds is 0. The second-order valence-corrected chi connectivity index (χ2v) is 0.806. The molecule has 0 spiro atoms. The van der Waals surface area contributed by atoms with Crippen LogP contribution in [0.5, 0.6) is 0 Å². The summed E-state index contributed by atoms with van der Waals surface area (Å²) in [6, 6.07) is 0. The van der Waals surface area contributed by atoms with E-state index in [0.29, 0.717) is 0 Å². The zero-order valence-electron chi connectivity index (χ0n) is 4.04. The quantitative estimate of drug-likeness (QED) is 0.305. The Labute approximate surface area is 44.8 Å². The number of ether oxygens (including phenoxy) is 2. The molecule has 5 heteroatoms. The van der Waals surface area contributed by atoms with Crippen molar-refractivity contribution >= 4 is 12.3 Å². The Morgan fingerprint density at radius 2 is 2.00 bits per heavy atom. The van der Waals surface area contributed by atoms with Crippen LogP contribution in [0, 0.1) is 0 Å². The molecule has 0 radical (unpaired) electrons. The van der Waals surface area contributed by atoms with Gasteiger partial charge in [-0.2, -0.15) is 0 Å². The Bertz CT molecular complexity index is 106. The van der Waals surface area contributed by atoms with E-state index in [2.05, 4.69) is 9.47 Å². The van der Waals surface area contributed by atoms with Gasteiger partial charge < -0.3 is 19.4 Å². The third kappa shape index (κ3) is 2.95. The number of hydrogen-bond donors (Lipinski definition) is 0. The maximum Gasteiger partial charge on any atom is 0.434 e. The summed E-state index contributed by atoms with van der Waals surface area (Å²) in [5.74, 6) is 0. The first-order chi connectivity index (χ1) is 3.66. The van der Waals surface area contributed by atoms with Gasteiger partial charge >= 0.3 is 6.16 Å². The van der Waals surface area contributed by atoms with Gasteiger partial charge in [-0.3, -0.25) is 0 Å². The number of hydrogen-bond acceptors (Lipinski definition) is 5. The second-order valence-electron chi connectivity index (χ2n) is 0.806. The fraction of sp³-hybridized carbons (Fsp3) is 0.333. The summed E-state index contributed by atoms with van der Waals surface area (Å²) in [5, 5.41) is 9.33. The van der Waals surface area contributed by atoms with Gasteiger partial charge in [0.25, 0.3) is 6.16 Å². The summed E-state index contributed by atoms with van der Waals surface area (Å²) < 4.78 is 7.12. The van der Waals surface area contributed by atoms with E-state index in [1.807, 2.05) is 0 Å². The summed E-state index contributed by atoms with van der Waals surface area (Å²) >= 11 is 0. The molecular weight excluding hydrogens is 116 g/mol. The number of carbonyl (C=O) groups excluding carboxylic acids is 2. The van der Waals surface area contributed by atoms with Crippen molar-refractivity contribution < 1.29 is 24.2 Å². The van der Waals surface area contributed by atoms with Crippen LogP contribution in [-0.2, 0) is 9.47 Å². The van der Waals surface area contributed by atoms with Crippen LogP contribution in [0.2, 0.25) is 0 Å². The van der Waals surface area contributed by atoms with Gasteiger partial charge in [-0.1, -0.05) is 0 Å². The minimum atomic E-state index is -1.92. The molecule has 0 atom stereocenters. The molecule has 5 nitrogen and oxygen atoms in total. The number of methoxy groups -OCH3 is 1. The molecule has 0 rings (SSSR count). The van der Waals surface area contributed by atoms with E-state index < -0.39 is 12.3 Å². The molecule has 0 amide bonds. The third-order valence-corrected chi connectivity index (χ3v) is 0.333. The minimum absolute atomic E-state index is 0.991. The molecule has 0 aliphatic carbocycles. The lowest BCUT2D eigenvalue weighted by atomic mass is 11.2. The van der Waals surface area contributed by atoms with Crippen LogP contribution in [0.3, 0.4) is 0 Å². The van der Waals surface area contributed by atoms with Gasteiger partial charge in [0.1, 0.15) is 0 Å². The molecule has 0 bridgehead atoms. The molecule has 0 aromatic rings. The van der Waals surface area contributed by atoms with Crippen molar-refractivity contribution in [1.29, 1.82) is 0 Å². The fourth-order valence-corrected chi connectivity index (χ4v) is 0.110. The van der Waals surface area contributed by atoms with Crippen molar-refractivity contribution in [3.63, 3.8) is 0 Å². The highest BCUT2D eigenvalue weighted by Crippen LogP contribution is 1.78. The van der Waals surface area contributed by atoms with E-state index in [0.717, 1.165) is 7.11 Å². The van der Waals surface area contributed by atoms with Gasteiger partial charge in [-0.15, -0.1) is 0 Å². The Morgan fingerprint density at radius 1 is 1.50 bits per heavy atom. The first kappa shape index (κ1) is 6.74. The summed E-state index contributed by atoms with van der Waals surface area (Å²) in [4.78, 5) is 19.1. The molecule has 0 saturated carbocycles. The maximum atomic E-state index is 9.76. The van der Waals surface area contributed by atoms with Gasteiger partial charge in [-0.05, 0) is 0 Å². The molecule has 0 saturated heterocycles. The van der Waals surface area contributed by atoms with Gasteiger partial charge in [0, 0.05) is 0 Å². The summed E-state index contributed by atoms with van der Waals surface area (Å²) in [5.41, 5.74) is 0. The minimum Gasteiger partial charge on any atom is -0.453 e. The number of carboxylic acid groups (broad SMARTS) is 1. The van der Waals surface area contributed by atoms with Crippen LogP contribution >= 0.6 is 0 Å². The molecule has 8 heavy (non-hydrogen) atoms. The molecule has 0 N–H and O–H groups in total. The van der Waals surface area contributed by atoms with E-state index >= 15 is 0 Å². The van der Waals surface area contributed by atoms with Crippen LogP contribution < -0.4 is 5.11 Å². The van der Waals surface area contributed by atoms with Gasteiger partial charge in [0.15, 0.2) is 0 Å². The Kier molecular flexibility index (Phi) is 2.39. The summed E-state index contributed by atoms with van der Waals surface area (Å²) in [6.07, 6.45) is -3.21. The smallest absolute Gasteiger partial charge is 0.434 e. The van der Waals surface area contributed by atoms with Gasteiger partial charge in [0.2, 0.25) is 0 Å². The van der Waals surface area contributed by atoms with E-state index in [1.54, 1.807) is 0 Å². The maximum absolute atomic E-state index is 9.76. The van der Waals surface area contributed by atoms with Gasteiger partial charge in [0.05, 0.1) is 7.11 Å². The van der Waals surface area contributed by atoms with Crippen LogP contribution in [0.15, 0.2) is 0 Å². The molecule has 0 aromatic heterocycles. The molecule has 0 aliphatic heterocycles. The lowest BCUT2D eigenvalue weighted by molar-refractivity contribution is -0.276. The molecule has 0 aliphatic rings. The molecule has 0 unspecified atom stereocenters. The van der Waals surface area contributed by atoms with Crippen LogP contribution in [0.1, 0.15) is 0 Å². The Balaban J connectivity index is 3.40. The van der Waals surface area contributed by atoms with E-state index in [4.69, 9.17) is 0 Å². The second kappa shape index (κ2) is 2.84. The monoisotopic (exact) mass is 119 g/mol. The molecule has 0 heterocycles. The van der Waals surface area contributed by atoms with E-state index in [-0.39, 0.29) is 0 Å². The van der Waals surface area contributed by atoms with Crippen LogP contribution in [-0.4, -0.2) is 19.4 Å². The van der Waals surface area contributed by atoms with Crippen molar-refractivity contribution in [1.82, 2.24) is 0 Å². The Morgan fingerprint density at radius 3 is 2.12 bits per heavy atom. The summed E-state index contributed by atoms with van der Waals surface area (Å²) in [6.45, 7) is 0.